The first-order valence-electron chi connectivity index (χ1n) is 2.86. The molecule has 0 heterocycles. The van der Waals surface area contributed by atoms with Gasteiger partial charge in [0.25, 0.3) is 0 Å². The Bertz CT molecular complexity index is 150. The van der Waals surface area contributed by atoms with Gasteiger partial charge in [-0.25, -0.2) is 0 Å². The molecule has 0 aromatic rings. The number of aliphatic carboxylic acids is 1. The van der Waals surface area contributed by atoms with Crippen molar-refractivity contribution in [3.05, 3.63) is 0 Å². The number of aldehydes is 1. The van der Waals surface area contributed by atoms with Gasteiger partial charge in [-0.1, -0.05) is 0 Å². The van der Waals surface area contributed by atoms with Gasteiger partial charge in [-0.2, -0.15) is 0 Å². The highest BCUT2D eigenvalue weighted by Crippen LogP contribution is 1.94. The van der Waals surface area contributed by atoms with Crippen LogP contribution in [0, 0.1) is 0 Å². The molecule has 0 saturated heterocycles. The molecule has 10 heavy (non-hydrogen) atoms. The monoisotopic (exact) mass is 144 g/mol. The Hall–Kier alpha value is -1.19. The van der Waals surface area contributed by atoms with E-state index in [-0.39, 0.29) is 25.5 Å². The van der Waals surface area contributed by atoms with Gasteiger partial charge in [0.05, 0.1) is 0 Å². The highest BCUT2D eigenvalue weighted by atomic mass is 16.4. The molecule has 0 saturated carbocycles. The quantitative estimate of drug-likeness (QED) is 0.435. The van der Waals surface area contributed by atoms with E-state index in [0.717, 1.165) is 0 Å². The number of carbonyl (C=O) groups excluding carboxylic acids is 2. The summed E-state index contributed by atoms with van der Waals surface area (Å²) in [4.78, 5) is 29.8. The molecule has 4 heteroatoms. The molecular weight excluding hydrogens is 136 g/mol. The minimum atomic E-state index is -0.946. The van der Waals surface area contributed by atoms with Gasteiger partial charge >= 0.3 is 5.97 Å². The molecule has 0 amide bonds. The first-order chi connectivity index (χ1) is 4.66. The number of hydrogen-bond donors (Lipinski definition) is 1. The van der Waals surface area contributed by atoms with Gasteiger partial charge in [0.1, 0.15) is 0 Å². The maximum Gasteiger partial charge on any atom is 0.303 e. The molecule has 0 aliphatic heterocycles. The van der Waals surface area contributed by atoms with Crippen LogP contribution in [0.25, 0.3) is 0 Å². The van der Waals surface area contributed by atoms with E-state index in [1.54, 1.807) is 0 Å². The third kappa shape index (κ3) is 4.96. The second kappa shape index (κ2) is 4.67. The van der Waals surface area contributed by atoms with E-state index in [2.05, 4.69) is 0 Å². The SMILES string of the molecule is O=CC(=O)CCCC(=O)O. The summed E-state index contributed by atoms with van der Waals surface area (Å²) in [6, 6.07) is 0. The zero-order valence-corrected chi connectivity index (χ0v) is 5.37. The van der Waals surface area contributed by atoms with Crippen molar-refractivity contribution in [2.45, 2.75) is 19.3 Å². The van der Waals surface area contributed by atoms with Gasteiger partial charge in [0.15, 0.2) is 12.1 Å². The zero-order valence-electron chi connectivity index (χ0n) is 5.37. The molecule has 0 unspecified atom stereocenters. The molecule has 0 bridgehead atoms. The molecule has 0 aliphatic carbocycles. The summed E-state index contributed by atoms with van der Waals surface area (Å²) in [7, 11) is 0. The minimum absolute atomic E-state index is 0.0375. The summed E-state index contributed by atoms with van der Waals surface area (Å²) in [6.45, 7) is 0. The van der Waals surface area contributed by atoms with E-state index in [0.29, 0.717) is 0 Å². The Morgan fingerprint density at radius 1 is 1.30 bits per heavy atom. The van der Waals surface area contributed by atoms with Crippen molar-refractivity contribution in [1.82, 2.24) is 0 Å². The lowest BCUT2D eigenvalue weighted by Crippen LogP contribution is -2.01. The lowest BCUT2D eigenvalue weighted by Gasteiger charge is -1.89. The van der Waals surface area contributed by atoms with Crippen molar-refractivity contribution < 1.29 is 19.5 Å². The number of carboxylic acid groups (broad SMARTS) is 1. The van der Waals surface area contributed by atoms with Crippen molar-refractivity contribution in [3.63, 3.8) is 0 Å². The van der Waals surface area contributed by atoms with Crippen molar-refractivity contribution in [2.75, 3.05) is 0 Å². The second-order valence-corrected chi connectivity index (χ2v) is 1.83. The average molecular weight is 144 g/mol. The largest absolute Gasteiger partial charge is 0.481 e. The number of carbonyl (C=O) groups is 3. The fraction of sp³-hybridized carbons (Fsp3) is 0.500. The van der Waals surface area contributed by atoms with Crippen LogP contribution in [0.5, 0.6) is 0 Å². The first kappa shape index (κ1) is 8.81. The molecule has 0 aliphatic rings. The van der Waals surface area contributed by atoms with E-state index in [9.17, 15) is 14.4 Å². The van der Waals surface area contributed by atoms with Crippen molar-refractivity contribution in [1.29, 1.82) is 0 Å². The minimum Gasteiger partial charge on any atom is -0.481 e. The maximum atomic E-state index is 10.2. The van der Waals surface area contributed by atoms with E-state index in [1.165, 1.54) is 0 Å². The summed E-state index contributed by atoms with van der Waals surface area (Å²) in [5.74, 6) is -1.49. The normalized spacial score (nSPS) is 8.80. The highest BCUT2D eigenvalue weighted by Gasteiger charge is 2.01. The topological polar surface area (TPSA) is 71.4 Å². The Morgan fingerprint density at radius 2 is 1.90 bits per heavy atom. The molecule has 0 rings (SSSR count). The summed E-state index contributed by atoms with van der Waals surface area (Å²) in [5.41, 5.74) is 0. The Labute approximate surface area is 57.8 Å². The fourth-order valence-corrected chi connectivity index (χ4v) is 0.473. The maximum absolute atomic E-state index is 10.2. The van der Waals surface area contributed by atoms with Gasteiger partial charge in [-0.15, -0.1) is 0 Å². The van der Waals surface area contributed by atoms with Crippen LogP contribution >= 0.6 is 0 Å². The summed E-state index contributed by atoms with van der Waals surface area (Å²) in [5, 5.41) is 8.10. The van der Waals surface area contributed by atoms with Gasteiger partial charge in [-0.05, 0) is 6.42 Å². The van der Waals surface area contributed by atoms with Gasteiger partial charge in [0, 0.05) is 12.8 Å². The van der Waals surface area contributed by atoms with Crippen LogP contribution in [-0.2, 0) is 14.4 Å². The van der Waals surface area contributed by atoms with E-state index in [4.69, 9.17) is 5.11 Å². The van der Waals surface area contributed by atoms with Crippen molar-refractivity contribution in [3.8, 4) is 0 Å². The lowest BCUT2D eigenvalue weighted by molar-refractivity contribution is -0.137. The summed E-state index contributed by atoms with van der Waals surface area (Å²) in [6.07, 6.45) is 0.435. The van der Waals surface area contributed by atoms with Crippen LogP contribution in [0.3, 0.4) is 0 Å². The van der Waals surface area contributed by atoms with E-state index in [1.807, 2.05) is 0 Å². The molecular formula is C6H8O4. The van der Waals surface area contributed by atoms with Gasteiger partial charge < -0.3 is 5.11 Å². The number of carboxylic acids is 1. The smallest absolute Gasteiger partial charge is 0.303 e. The lowest BCUT2D eigenvalue weighted by atomic mass is 10.2. The summed E-state index contributed by atoms with van der Waals surface area (Å²) >= 11 is 0. The van der Waals surface area contributed by atoms with Crippen LogP contribution in [-0.4, -0.2) is 23.1 Å². The molecule has 1 N–H and O–H groups in total. The molecule has 0 atom stereocenters. The molecule has 56 valence electrons. The number of hydrogen-bond acceptors (Lipinski definition) is 3. The molecule has 0 fully saturated rings. The van der Waals surface area contributed by atoms with Gasteiger partial charge in [0.2, 0.25) is 0 Å². The zero-order chi connectivity index (χ0) is 7.98. The Kier molecular flexibility index (Phi) is 4.11. The average Bonchev–Trinajstić information content (AvgIpc) is 1.87. The van der Waals surface area contributed by atoms with Crippen molar-refractivity contribution >= 4 is 18.0 Å². The number of rotatable bonds is 5. The van der Waals surface area contributed by atoms with Gasteiger partial charge in [-0.3, -0.25) is 14.4 Å². The Balaban J connectivity index is 3.28. The second-order valence-electron chi connectivity index (χ2n) is 1.83. The van der Waals surface area contributed by atoms with E-state index >= 15 is 0 Å². The van der Waals surface area contributed by atoms with Crippen LogP contribution < -0.4 is 0 Å². The Morgan fingerprint density at radius 3 is 2.30 bits per heavy atom. The van der Waals surface area contributed by atoms with Crippen LogP contribution in [0.4, 0.5) is 0 Å². The standard InChI is InChI=1S/C6H8O4/c7-4-5(8)2-1-3-6(9)10/h4H,1-3H2,(H,9,10). The van der Waals surface area contributed by atoms with Crippen LogP contribution in [0.2, 0.25) is 0 Å². The molecule has 0 radical (unpaired) electrons. The van der Waals surface area contributed by atoms with Crippen molar-refractivity contribution in [2.24, 2.45) is 0 Å². The summed E-state index contributed by atoms with van der Waals surface area (Å²) < 4.78 is 0. The number of ketones is 1. The first-order valence-corrected chi connectivity index (χ1v) is 2.86. The predicted octanol–water partition coefficient (Wildman–Crippen LogP) is 0.00930. The van der Waals surface area contributed by atoms with Crippen LogP contribution in [0.15, 0.2) is 0 Å². The highest BCUT2D eigenvalue weighted by molar-refractivity contribution is 6.24. The third-order valence-electron chi connectivity index (χ3n) is 0.945. The third-order valence-corrected chi connectivity index (χ3v) is 0.945. The van der Waals surface area contributed by atoms with E-state index < -0.39 is 11.8 Å². The molecule has 0 aromatic carbocycles. The van der Waals surface area contributed by atoms with Crippen LogP contribution in [0.1, 0.15) is 19.3 Å². The number of Topliss-reactive ketones (excluding diaryl/α,β-unsaturated/α-hetero) is 1. The molecule has 0 spiro atoms. The molecule has 0 aromatic heterocycles. The fourth-order valence-electron chi connectivity index (χ4n) is 0.473. The predicted molar refractivity (Wildman–Crippen MR) is 32.6 cm³/mol. The molecule has 4 nitrogen and oxygen atoms in total.